The fourth-order valence-corrected chi connectivity index (χ4v) is 1.84. The Morgan fingerprint density at radius 1 is 1.67 bits per heavy atom. The van der Waals surface area contributed by atoms with Crippen LogP contribution < -0.4 is 5.73 Å². The number of nitrogens with two attached hydrogens (primary N) is 1. The number of ether oxygens (including phenoxy) is 1. The van der Waals surface area contributed by atoms with Crippen molar-refractivity contribution in [2.75, 3.05) is 33.4 Å². The van der Waals surface area contributed by atoms with Gasteiger partial charge in [0.15, 0.2) is 0 Å². The lowest BCUT2D eigenvalue weighted by Crippen LogP contribution is -2.33. The first-order valence-electron chi connectivity index (χ1n) is 5.45. The van der Waals surface area contributed by atoms with Crippen molar-refractivity contribution in [3.63, 3.8) is 0 Å². The minimum Gasteiger partial charge on any atom is -0.409 e. The molecule has 1 atom stereocenters. The van der Waals surface area contributed by atoms with E-state index in [4.69, 9.17) is 15.7 Å². The van der Waals surface area contributed by atoms with E-state index in [2.05, 4.69) is 17.1 Å². The van der Waals surface area contributed by atoms with Gasteiger partial charge in [0.2, 0.25) is 0 Å². The number of amidine groups is 1. The largest absolute Gasteiger partial charge is 0.409 e. The number of oxime groups is 1. The van der Waals surface area contributed by atoms with Gasteiger partial charge in [0, 0.05) is 26.1 Å². The van der Waals surface area contributed by atoms with Crippen LogP contribution in [0.3, 0.4) is 0 Å². The van der Waals surface area contributed by atoms with Crippen molar-refractivity contribution in [2.24, 2.45) is 16.8 Å². The third-order valence-corrected chi connectivity index (χ3v) is 2.70. The van der Waals surface area contributed by atoms with Gasteiger partial charge in [-0.15, -0.1) is 0 Å². The molecule has 88 valence electrons. The first-order chi connectivity index (χ1) is 7.22. The van der Waals surface area contributed by atoms with Gasteiger partial charge in [0.25, 0.3) is 0 Å². The van der Waals surface area contributed by atoms with E-state index in [1.54, 1.807) is 0 Å². The fraction of sp³-hybridized carbons (Fsp3) is 0.900. The van der Waals surface area contributed by atoms with Gasteiger partial charge < -0.3 is 20.6 Å². The molecule has 1 aliphatic heterocycles. The van der Waals surface area contributed by atoms with E-state index in [0.29, 0.717) is 18.2 Å². The van der Waals surface area contributed by atoms with E-state index in [1.165, 1.54) is 12.8 Å². The smallest absolute Gasteiger partial charge is 0.140 e. The van der Waals surface area contributed by atoms with Crippen LogP contribution in [-0.2, 0) is 4.74 Å². The first kappa shape index (κ1) is 12.3. The molecule has 0 aromatic carbocycles. The summed E-state index contributed by atoms with van der Waals surface area (Å²) in [4.78, 5) is 2.21. The van der Waals surface area contributed by atoms with E-state index in [-0.39, 0.29) is 0 Å². The van der Waals surface area contributed by atoms with Gasteiger partial charge in [-0.1, -0.05) is 5.16 Å². The van der Waals surface area contributed by atoms with Gasteiger partial charge in [0.1, 0.15) is 5.84 Å². The van der Waals surface area contributed by atoms with Crippen molar-refractivity contribution < 1.29 is 9.94 Å². The second-order valence-electron chi connectivity index (χ2n) is 4.19. The van der Waals surface area contributed by atoms with Crippen molar-refractivity contribution in [3.8, 4) is 0 Å². The van der Waals surface area contributed by atoms with Crippen molar-refractivity contribution in [1.29, 1.82) is 0 Å². The molecule has 1 unspecified atom stereocenters. The molecule has 1 saturated heterocycles. The SMILES string of the molecule is CN(CCC(N)=NO)CC1CCCOC1. The summed E-state index contributed by atoms with van der Waals surface area (Å²) in [5.41, 5.74) is 5.40. The lowest BCUT2D eigenvalue weighted by molar-refractivity contribution is 0.0424. The summed E-state index contributed by atoms with van der Waals surface area (Å²) in [6, 6.07) is 0. The summed E-state index contributed by atoms with van der Waals surface area (Å²) >= 11 is 0. The summed E-state index contributed by atoms with van der Waals surface area (Å²) < 4.78 is 5.41. The second kappa shape index (κ2) is 6.63. The Balaban J connectivity index is 2.14. The Morgan fingerprint density at radius 3 is 3.07 bits per heavy atom. The zero-order chi connectivity index (χ0) is 11.1. The molecule has 0 radical (unpaired) electrons. The van der Waals surface area contributed by atoms with Crippen LogP contribution in [0.25, 0.3) is 0 Å². The molecule has 0 amide bonds. The number of rotatable bonds is 5. The number of nitrogens with zero attached hydrogens (tertiary/aromatic N) is 2. The molecular formula is C10H21N3O2. The normalized spacial score (nSPS) is 23.3. The van der Waals surface area contributed by atoms with Gasteiger partial charge in [-0.25, -0.2) is 0 Å². The van der Waals surface area contributed by atoms with E-state index >= 15 is 0 Å². The lowest BCUT2D eigenvalue weighted by atomic mass is 10.0. The maximum absolute atomic E-state index is 8.39. The Bertz CT molecular complexity index is 203. The van der Waals surface area contributed by atoms with Gasteiger partial charge in [-0.2, -0.15) is 0 Å². The predicted molar refractivity (Wildman–Crippen MR) is 59.1 cm³/mol. The van der Waals surface area contributed by atoms with E-state index in [0.717, 1.165) is 26.3 Å². The maximum Gasteiger partial charge on any atom is 0.140 e. The average molecular weight is 215 g/mol. The summed E-state index contributed by atoms with van der Waals surface area (Å²) in [5, 5.41) is 11.3. The molecule has 1 aliphatic rings. The molecule has 15 heavy (non-hydrogen) atoms. The minimum atomic E-state index is 0.293. The van der Waals surface area contributed by atoms with Crippen LogP contribution in [0.1, 0.15) is 19.3 Å². The highest BCUT2D eigenvalue weighted by Crippen LogP contribution is 2.14. The highest BCUT2D eigenvalue weighted by atomic mass is 16.5. The molecule has 5 heteroatoms. The van der Waals surface area contributed by atoms with Gasteiger partial charge in [-0.3, -0.25) is 0 Å². The molecule has 5 nitrogen and oxygen atoms in total. The maximum atomic E-state index is 8.39. The zero-order valence-corrected chi connectivity index (χ0v) is 9.35. The molecule has 0 aromatic rings. The Morgan fingerprint density at radius 2 is 2.47 bits per heavy atom. The van der Waals surface area contributed by atoms with Crippen molar-refractivity contribution in [3.05, 3.63) is 0 Å². The highest BCUT2D eigenvalue weighted by molar-refractivity contribution is 5.79. The lowest BCUT2D eigenvalue weighted by Gasteiger charge is -2.26. The highest BCUT2D eigenvalue weighted by Gasteiger charge is 2.15. The minimum absolute atomic E-state index is 0.293. The zero-order valence-electron chi connectivity index (χ0n) is 9.35. The number of hydrogen-bond acceptors (Lipinski definition) is 4. The molecule has 1 rings (SSSR count). The van der Waals surface area contributed by atoms with E-state index in [1.807, 2.05) is 0 Å². The van der Waals surface area contributed by atoms with Gasteiger partial charge >= 0.3 is 0 Å². The van der Waals surface area contributed by atoms with Gasteiger partial charge in [0.05, 0.1) is 6.61 Å². The molecular weight excluding hydrogens is 194 g/mol. The van der Waals surface area contributed by atoms with Crippen LogP contribution >= 0.6 is 0 Å². The molecule has 0 saturated carbocycles. The van der Waals surface area contributed by atoms with Gasteiger partial charge in [-0.05, 0) is 25.8 Å². The quantitative estimate of drug-likeness (QED) is 0.303. The van der Waals surface area contributed by atoms with Crippen molar-refractivity contribution in [1.82, 2.24) is 4.90 Å². The molecule has 1 fully saturated rings. The molecule has 0 aromatic heterocycles. The monoisotopic (exact) mass is 215 g/mol. The second-order valence-corrected chi connectivity index (χ2v) is 4.19. The average Bonchev–Trinajstić information content (AvgIpc) is 2.27. The third kappa shape index (κ3) is 4.99. The summed E-state index contributed by atoms with van der Waals surface area (Å²) in [7, 11) is 2.05. The summed E-state index contributed by atoms with van der Waals surface area (Å²) in [6.07, 6.45) is 3.02. The van der Waals surface area contributed by atoms with Crippen molar-refractivity contribution in [2.45, 2.75) is 19.3 Å². The topological polar surface area (TPSA) is 71.1 Å². The van der Waals surface area contributed by atoms with Crippen LogP contribution in [0.15, 0.2) is 5.16 Å². The Kier molecular flexibility index (Phi) is 5.42. The third-order valence-electron chi connectivity index (χ3n) is 2.70. The first-order valence-corrected chi connectivity index (χ1v) is 5.45. The standard InChI is InChI=1S/C10H21N3O2/c1-13(5-4-10(11)12-14)7-9-3-2-6-15-8-9/h9,14H,2-8H2,1H3,(H2,11,12). The molecule has 0 bridgehead atoms. The van der Waals surface area contributed by atoms with Crippen LogP contribution in [0.4, 0.5) is 0 Å². The van der Waals surface area contributed by atoms with Crippen LogP contribution in [0, 0.1) is 5.92 Å². The fourth-order valence-electron chi connectivity index (χ4n) is 1.84. The Hall–Kier alpha value is -0.810. The molecule has 0 spiro atoms. The molecule has 1 heterocycles. The molecule has 0 aliphatic carbocycles. The molecule has 3 N–H and O–H groups in total. The van der Waals surface area contributed by atoms with E-state index in [9.17, 15) is 0 Å². The van der Waals surface area contributed by atoms with Crippen LogP contribution in [-0.4, -0.2) is 49.3 Å². The number of hydrogen-bond donors (Lipinski definition) is 2. The van der Waals surface area contributed by atoms with Crippen LogP contribution in [0.5, 0.6) is 0 Å². The van der Waals surface area contributed by atoms with Crippen molar-refractivity contribution >= 4 is 5.84 Å². The van der Waals surface area contributed by atoms with Crippen LogP contribution in [0.2, 0.25) is 0 Å². The van der Waals surface area contributed by atoms with E-state index < -0.39 is 0 Å². The predicted octanol–water partition coefficient (Wildman–Crippen LogP) is 0.481. The summed E-state index contributed by atoms with van der Waals surface area (Å²) in [6.45, 7) is 3.63. The summed E-state index contributed by atoms with van der Waals surface area (Å²) in [5.74, 6) is 0.929. The Labute approximate surface area is 90.9 Å².